The molecule has 1 unspecified atom stereocenters. The van der Waals surface area contributed by atoms with Crippen LogP contribution in [0, 0.1) is 0 Å². The predicted octanol–water partition coefficient (Wildman–Crippen LogP) is 2.27. The van der Waals surface area contributed by atoms with Crippen LogP contribution in [0.25, 0.3) is 0 Å². The molecule has 0 aliphatic rings. The molecule has 0 bridgehead atoms. The number of carbonyl (C=O) groups excluding carboxylic acids is 1. The van der Waals surface area contributed by atoms with Gasteiger partial charge in [0.1, 0.15) is 11.8 Å². The van der Waals surface area contributed by atoms with Crippen molar-refractivity contribution in [1.82, 2.24) is 9.78 Å². The highest BCUT2D eigenvalue weighted by Gasteiger charge is 2.22. The Labute approximate surface area is 97.7 Å². The Hall–Kier alpha value is -0.680. The zero-order chi connectivity index (χ0) is 11.4. The summed E-state index contributed by atoms with van der Waals surface area (Å²) in [4.78, 5) is 12.0. The monoisotopic (exact) mass is 274 g/mol. The summed E-state index contributed by atoms with van der Waals surface area (Å²) in [6.45, 7) is 6.78. The van der Waals surface area contributed by atoms with Gasteiger partial charge >= 0.3 is 0 Å². The minimum absolute atomic E-state index is 0.0388. The van der Waals surface area contributed by atoms with Gasteiger partial charge in [-0.05, 0) is 36.7 Å². The van der Waals surface area contributed by atoms with E-state index in [0.717, 1.165) is 4.47 Å². The number of hydrogen-bond acceptors (Lipinski definition) is 3. The zero-order valence-corrected chi connectivity index (χ0v) is 10.7. The average Bonchev–Trinajstić information content (AvgIpc) is 2.58. The molecular formula is C10H15BrN2O2. The molecule has 0 fully saturated rings. The molecule has 0 saturated carbocycles. The van der Waals surface area contributed by atoms with Gasteiger partial charge in [-0.25, -0.2) is 0 Å². The van der Waals surface area contributed by atoms with Crippen LogP contribution in [0.2, 0.25) is 0 Å². The number of halogens is 1. The summed E-state index contributed by atoms with van der Waals surface area (Å²) >= 11 is 3.32. The van der Waals surface area contributed by atoms with Gasteiger partial charge in [-0.2, -0.15) is 5.10 Å². The minimum Gasteiger partial charge on any atom is -0.371 e. The average molecular weight is 275 g/mol. The Kier molecular flexibility index (Phi) is 4.47. The van der Waals surface area contributed by atoms with E-state index in [-0.39, 0.29) is 5.78 Å². The van der Waals surface area contributed by atoms with Gasteiger partial charge in [0.2, 0.25) is 5.78 Å². The third-order valence-electron chi connectivity index (χ3n) is 2.11. The summed E-state index contributed by atoms with van der Waals surface area (Å²) < 4.78 is 7.66. The van der Waals surface area contributed by atoms with E-state index < -0.39 is 6.10 Å². The molecule has 0 radical (unpaired) electrons. The molecule has 1 atom stereocenters. The molecule has 1 heterocycles. The van der Waals surface area contributed by atoms with Gasteiger partial charge in [-0.1, -0.05) is 0 Å². The normalized spacial score (nSPS) is 12.8. The SMILES string of the molecule is CCOC(C)C(=O)c1c(Br)cnn1CC. The molecule has 84 valence electrons. The molecule has 15 heavy (non-hydrogen) atoms. The molecule has 0 amide bonds. The fraction of sp³-hybridized carbons (Fsp3) is 0.600. The van der Waals surface area contributed by atoms with Crippen LogP contribution in [0.4, 0.5) is 0 Å². The van der Waals surface area contributed by atoms with Crippen LogP contribution in [0.15, 0.2) is 10.7 Å². The van der Waals surface area contributed by atoms with Gasteiger partial charge in [0.15, 0.2) is 0 Å². The first-order valence-electron chi connectivity index (χ1n) is 4.98. The van der Waals surface area contributed by atoms with Gasteiger partial charge in [-0.15, -0.1) is 0 Å². The maximum absolute atomic E-state index is 12.0. The molecule has 0 aromatic carbocycles. The zero-order valence-electron chi connectivity index (χ0n) is 9.16. The Bertz CT molecular complexity index is 349. The van der Waals surface area contributed by atoms with Gasteiger partial charge < -0.3 is 4.74 Å². The Morgan fingerprint density at radius 2 is 2.33 bits per heavy atom. The summed E-state index contributed by atoms with van der Waals surface area (Å²) in [7, 11) is 0. The van der Waals surface area contributed by atoms with Crippen LogP contribution < -0.4 is 0 Å². The first-order chi connectivity index (χ1) is 7.11. The van der Waals surface area contributed by atoms with Gasteiger partial charge in [0, 0.05) is 13.2 Å². The number of rotatable bonds is 5. The molecule has 0 spiro atoms. The summed E-state index contributed by atoms with van der Waals surface area (Å²) in [5.41, 5.74) is 0.582. The molecular weight excluding hydrogens is 260 g/mol. The summed E-state index contributed by atoms with van der Waals surface area (Å²) in [5, 5.41) is 4.09. The lowest BCUT2D eigenvalue weighted by Crippen LogP contribution is -2.24. The highest BCUT2D eigenvalue weighted by molar-refractivity contribution is 9.10. The van der Waals surface area contributed by atoms with Crippen LogP contribution in [-0.2, 0) is 11.3 Å². The van der Waals surface area contributed by atoms with Crippen molar-refractivity contribution in [3.05, 3.63) is 16.4 Å². The van der Waals surface area contributed by atoms with Crippen LogP contribution in [-0.4, -0.2) is 28.3 Å². The fourth-order valence-electron chi connectivity index (χ4n) is 1.37. The Morgan fingerprint density at radius 1 is 1.67 bits per heavy atom. The van der Waals surface area contributed by atoms with Crippen molar-refractivity contribution in [2.45, 2.75) is 33.4 Å². The first kappa shape index (κ1) is 12.4. The molecule has 0 saturated heterocycles. The maximum Gasteiger partial charge on any atom is 0.210 e. The van der Waals surface area contributed by atoms with E-state index in [2.05, 4.69) is 21.0 Å². The number of nitrogens with zero attached hydrogens (tertiary/aromatic N) is 2. The standard InChI is InChI=1S/C10H15BrN2O2/c1-4-13-9(8(11)6-12-13)10(14)7(3)15-5-2/h6-7H,4-5H2,1-3H3. The summed E-state index contributed by atoms with van der Waals surface area (Å²) in [6, 6.07) is 0. The maximum atomic E-state index is 12.0. The third kappa shape index (κ3) is 2.66. The minimum atomic E-state index is -0.423. The molecule has 5 heteroatoms. The van der Waals surface area contributed by atoms with Crippen molar-refractivity contribution in [3.8, 4) is 0 Å². The predicted molar refractivity (Wildman–Crippen MR) is 61.0 cm³/mol. The van der Waals surface area contributed by atoms with Crippen molar-refractivity contribution < 1.29 is 9.53 Å². The van der Waals surface area contributed by atoms with Crippen molar-refractivity contribution in [2.75, 3.05) is 6.61 Å². The van der Waals surface area contributed by atoms with E-state index in [1.165, 1.54) is 0 Å². The molecule has 0 N–H and O–H groups in total. The number of aryl methyl sites for hydroxylation is 1. The van der Waals surface area contributed by atoms with E-state index in [9.17, 15) is 4.79 Å². The molecule has 0 aliphatic heterocycles. The largest absolute Gasteiger partial charge is 0.371 e. The lowest BCUT2D eigenvalue weighted by atomic mass is 10.2. The van der Waals surface area contributed by atoms with Gasteiger partial charge in [0.05, 0.1) is 10.7 Å². The number of ether oxygens (including phenoxy) is 1. The fourth-order valence-corrected chi connectivity index (χ4v) is 1.86. The van der Waals surface area contributed by atoms with Crippen molar-refractivity contribution >= 4 is 21.7 Å². The summed E-state index contributed by atoms with van der Waals surface area (Å²) in [5.74, 6) is -0.0388. The number of ketones is 1. The van der Waals surface area contributed by atoms with Crippen molar-refractivity contribution in [2.24, 2.45) is 0 Å². The van der Waals surface area contributed by atoms with Crippen LogP contribution in [0.1, 0.15) is 31.3 Å². The topological polar surface area (TPSA) is 44.1 Å². The van der Waals surface area contributed by atoms with Crippen molar-refractivity contribution in [3.63, 3.8) is 0 Å². The van der Waals surface area contributed by atoms with Crippen LogP contribution in [0.5, 0.6) is 0 Å². The Balaban J connectivity index is 2.94. The lowest BCUT2D eigenvalue weighted by Gasteiger charge is -2.11. The van der Waals surface area contributed by atoms with E-state index in [0.29, 0.717) is 18.8 Å². The second kappa shape index (κ2) is 5.42. The highest BCUT2D eigenvalue weighted by atomic mass is 79.9. The second-order valence-corrected chi connectivity index (χ2v) is 3.97. The number of carbonyl (C=O) groups is 1. The first-order valence-corrected chi connectivity index (χ1v) is 5.78. The quantitative estimate of drug-likeness (QED) is 0.774. The number of Topliss-reactive ketones (excluding diaryl/α,β-unsaturated/α-hetero) is 1. The van der Waals surface area contributed by atoms with E-state index >= 15 is 0 Å². The molecule has 1 rings (SSSR count). The lowest BCUT2D eigenvalue weighted by molar-refractivity contribution is 0.0510. The van der Waals surface area contributed by atoms with Crippen LogP contribution in [0.3, 0.4) is 0 Å². The second-order valence-electron chi connectivity index (χ2n) is 3.12. The third-order valence-corrected chi connectivity index (χ3v) is 2.69. The van der Waals surface area contributed by atoms with Gasteiger partial charge in [0.25, 0.3) is 0 Å². The van der Waals surface area contributed by atoms with E-state index in [1.54, 1.807) is 17.8 Å². The molecule has 1 aromatic heterocycles. The number of aromatic nitrogens is 2. The summed E-state index contributed by atoms with van der Waals surface area (Å²) in [6.07, 6.45) is 1.21. The van der Waals surface area contributed by atoms with Crippen molar-refractivity contribution in [1.29, 1.82) is 0 Å². The van der Waals surface area contributed by atoms with Gasteiger partial charge in [-0.3, -0.25) is 9.48 Å². The van der Waals surface area contributed by atoms with E-state index in [1.807, 2.05) is 13.8 Å². The van der Waals surface area contributed by atoms with Crippen LogP contribution >= 0.6 is 15.9 Å². The Morgan fingerprint density at radius 3 is 2.87 bits per heavy atom. The number of hydrogen-bond donors (Lipinski definition) is 0. The van der Waals surface area contributed by atoms with E-state index in [4.69, 9.17) is 4.74 Å². The molecule has 0 aliphatic carbocycles. The highest BCUT2D eigenvalue weighted by Crippen LogP contribution is 2.18. The molecule has 4 nitrogen and oxygen atoms in total. The smallest absolute Gasteiger partial charge is 0.210 e. The molecule has 1 aromatic rings.